The Morgan fingerprint density at radius 3 is 2.29 bits per heavy atom. The number of methoxy groups -OCH3 is 2. The Kier molecular flexibility index (Phi) is 6.99. The Hall–Kier alpha value is -3.72. The van der Waals surface area contributed by atoms with Gasteiger partial charge in [-0.3, -0.25) is 9.59 Å². The van der Waals surface area contributed by atoms with Crippen LogP contribution >= 0.6 is 0 Å². The van der Waals surface area contributed by atoms with Gasteiger partial charge in [0.2, 0.25) is 5.91 Å². The van der Waals surface area contributed by atoms with Crippen molar-refractivity contribution in [1.29, 1.82) is 0 Å². The monoisotopic (exact) mass is 425 g/mol. The highest BCUT2D eigenvalue weighted by molar-refractivity contribution is 6.22. The van der Waals surface area contributed by atoms with Gasteiger partial charge in [0.05, 0.1) is 31.4 Å². The van der Waals surface area contributed by atoms with Crippen LogP contribution in [-0.2, 0) is 19.1 Å². The van der Waals surface area contributed by atoms with Crippen LogP contribution in [0.1, 0.15) is 16.8 Å². The van der Waals surface area contributed by atoms with Crippen molar-refractivity contribution in [3.8, 4) is 0 Å². The van der Waals surface area contributed by atoms with Crippen LogP contribution in [0.25, 0.3) is 0 Å². The van der Waals surface area contributed by atoms with E-state index in [2.05, 4.69) is 10.1 Å². The lowest BCUT2D eigenvalue weighted by atomic mass is 10.1. The fourth-order valence-electron chi connectivity index (χ4n) is 3.29. The molecule has 2 aromatic rings. The van der Waals surface area contributed by atoms with Crippen LogP contribution < -0.4 is 10.2 Å². The van der Waals surface area contributed by atoms with Crippen molar-refractivity contribution in [1.82, 2.24) is 4.90 Å². The molecule has 3 rings (SSSR count). The van der Waals surface area contributed by atoms with E-state index in [0.29, 0.717) is 16.9 Å². The summed E-state index contributed by atoms with van der Waals surface area (Å²) in [5.74, 6) is -1.39. The van der Waals surface area contributed by atoms with E-state index in [1.165, 1.54) is 31.3 Å². The number of ether oxygens (including phenoxy) is 2. The Bertz CT molecular complexity index is 961. The van der Waals surface area contributed by atoms with E-state index in [1.54, 1.807) is 42.5 Å². The van der Waals surface area contributed by atoms with E-state index >= 15 is 0 Å². The molecule has 1 N–H and O–H groups in total. The van der Waals surface area contributed by atoms with E-state index in [1.807, 2.05) is 0 Å². The van der Waals surface area contributed by atoms with Crippen LogP contribution in [0.2, 0.25) is 0 Å². The molecule has 0 saturated carbocycles. The van der Waals surface area contributed by atoms with Gasteiger partial charge >= 0.3 is 12.0 Å². The summed E-state index contributed by atoms with van der Waals surface area (Å²) < 4.78 is 9.70. The number of nitrogens with one attached hydrogen (secondary N) is 1. The number of esters is 1. The predicted molar refractivity (Wildman–Crippen MR) is 113 cm³/mol. The Balaban J connectivity index is 1.74. The number of anilines is 2. The second kappa shape index (κ2) is 9.86. The normalized spacial score (nSPS) is 15.9. The smallest absolute Gasteiger partial charge is 0.337 e. The first-order valence-corrected chi connectivity index (χ1v) is 9.63. The van der Waals surface area contributed by atoms with E-state index < -0.39 is 29.9 Å². The number of hydrogen-bond donors (Lipinski definition) is 1. The number of rotatable bonds is 8. The summed E-state index contributed by atoms with van der Waals surface area (Å²) in [5.41, 5.74) is 1.25. The molecule has 1 heterocycles. The fraction of sp³-hybridized carbons (Fsp3) is 0.273. The molecule has 1 atom stereocenters. The average Bonchev–Trinajstić information content (AvgIpc) is 3.01. The summed E-state index contributed by atoms with van der Waals surface area (Å²) in [6.07, 6.45) is -0.212. The summed E-state index contributed by atoms with van der Waals surface area (Å²) in [6, 6.07) is 13.3. The molecule has 2 aromatic carbocycles. The number of para-hydroxylation sites is 1. The second-order valence-corrected chi connectivity index (χ2v) is 6.81. The molecule has 4 amide bonds. The Labute approximate surface area is 179 Å². The van der Waals surface area contributed by atoms with Gasteiger partial charge in [-0.05, 0) is 36.4 Å². The number of nitrogens with zero attached hydrogens (tertiary/aromatic N) is 2. The third-order valence-electron chi connectivity index (χ3n) is 4.84. The first-order chi connectivity index (χ1) is 15.0. The number of hydrogen-bond acceptors (Lipinski definition) is 6. The van der Waals surface area contributed by atoms with Crippen LogP contribution in [0, 0.1) is 0 Å². The Morgan fingerprint density at radius 1 is 1.00 bits per heavy atom. The zero-order chi connectivity index (χ0) is 22.4. The zero-order valence-corrected chi connectivity index (χ0v) is 17.2. The van der Waals surface area contributed by atoms with Gasteiger partial charge in [0, 0.05) is 19.3 Å². The van der Waals surface area contributed by atoms with E-state index in [-0.39, 0.29) is 19.6 Å². The molecule has 0 aliphatic carbocycles. The van der Waals surface area contributed by atoms with Crippen LogP contribution in [0.5, 0.6) is 0 Å². The van der Waals surface area contributed by atoms with Crippen molar-refractivity contribution in [2.45, 2.75) is 12.5 Å². The van der Waals surface area contributed by atoms with Crippen molar-refractivity contribution < 1.29 is 28.7 Å². The molecule has 1 unspecified atom stereocenters. The number of carbonyl (C=O) groups excluding carboxylic acids is 4. The molecule has 0 bridgehead atoms. The van der Waals surface area contributed by atoms with Crippen LogP contribution in [0.4, 0.5) is 16.2 Å². The highest BCUT2D eigenvalue weighted by Gasteiger charge is 2.46. The number of carbonyl (C=O) groups is 4. The molecule has 1 saturated heterocycles. The van der Waals surface area contributed by atoms with Gasteiger partial charge in [0.1, 0.15) is 6.04 Å². The summed E-state index contributed by atoms with van der Waals surface area (Å²) >= 11 is 0. The molecule has 1 aliphatic rings. The molecule has 162 valence electrons. The zero-order valence-electron chi connectivity index (χ0n) is 17.2. The minimum absolute atomic E-state index is 0.177. The summed E-state index contributed by atoms with van der Waals surface area (Å²) in [7, 11) is 2.78. The van der Waals surface area contributed by atoms with Crippen molar-refractivity contribution >= 4 is 35.2 Å². The summed E-state index contributed by atoms with van der Waals surface area (Å²) in [5, 5.41) is 2.69. The van der Waals surface area contributed by atoms with Crippen molar-refractivity contribution in [3.63, 3.8) is 0 Å². The molecule has 0 aromatic heterocycles. The first kappa shape index (κ1) is 22.0. The molecule has 9 nitrogen and oxygen atoms in total. The second-order valence-electron chi connectivity index (χ2n) is 6.81. The average molecular weight is 425 g/mol. The number of benzene rings is 2. The molecule has 31 heavy (non-hydrogen) atoms. The van der Waals surface area contributed by atoms with Crippen LogP contribution in [0.15, 0.2) is 54.6 Å². The van der Waals surface area contributed by atoms with Crippen molar-refractivity contribution in [3.05, 3.63) is 60.2 Å². The number of amides is 4. The van der Waals surface area contributed by atoms with Crippen molar-refractivity contribution in [2.24, 2.45) is 0 Å². The maximum atomic E-state index is 13.0. The van der Waals surface area contributed by atoms with Gasteiger partial charge in [-0.1, -0.05) is 18.2 Å². The highest BCUT2D eigenvalue weighted by atomic mass is 16.5. The van der Waals surface area contributed by atoms with Gasteiger partial charge in [-0.15, -0.1) is 0 Å². The minimum atomic E-state index is -0.947. The molecular formula is C22H23N3O6. The lowest BCUT2D eigenvalue weighted by molar-refractivity contribution is -0.124. The molecule has 0 spiro atoms. The third kappa shape index (κ3) is 4.89. The maximum absolute atomic E-state index is 13.0. The lowest BCUT2D eigenvalue weighted by Gasteiger charge is -2.21. The molecule has 1 fully saturated rings. The van der Waals surface area contributed by atoms with E-state index in [9.17, 15) is 19.2 Å². The quantitative estimate of drug-likeness (QED) is 0.514. The fourth-order valence-corrected chi connectivity index (χ4v) is 3.29. The molecule has 1 aliphatic heterocycles. The van der Waals surface area contributed by atoms with Gasteiger partial charge in [-0.25, -0.2) is 14.5 Å². The standard InChI is InChI=1S/C22H23N3O6/c1-30-13-12-24-18(20(27)25(22(24)29)17-6-4-3-5-7-17)14-19(26)23-16-10-8-15(9-11-16)21(28)31-2/h3-11,18H,12-14H2,1-2H3,(H,23,26). The van der Waals surface area contributed by atoms with Gasteiger partial charge in [-0.2, -0.15) is 0 Å². The predicted octanol–water partition coefficient (Wildman–Crippen LogP) is 2.29. The minimum Gasteiger partial charge on any atom is -0.465 e. The van der Waals surface area contributed by atoms with E-state index in [0.717, 1.165) is 4.90 Å². The largest absolute Gasteiger partial charge is 0.465 e. The lowest BCUT2D eigenvalue weighted by Crippen LogP contribution is -2.39. The topological polar surface area (TPSA) is 105 Å². The number of imide groups is 1. The summed E-state index contributed by atoms with van der Waals surface area (Å²) in [4.78, 5) is 52.5. The maximum Gasteiger partial charge on any atom is 0.337 e. The number of urea groups is 1. The first-order valence-electron chi connectivity index (χ1n) is 9.63. The van der Waals surface area contributed by atoms with Gasteiger partial charge in [0.15, 0.2) is 0 Å². The highest BCUT2D eigenvalue weighted by Crippen LogP contribution is 2.26. The summed E-state index contributed by atoms with van der Waals surface area (Å²) in [6.45, 7) is 0.408. The van der Waals surface area contributed by atoms with Gasteiger partial charge < -0.3 is 19.7 Å². The molecular weight excluding hydrogens is 402 g/mol. The van der Waals surface area contributed by atoms with Gasteiger partial charge in [0.25, 0.3) is 5.91 Å². The third-order valence-corrected chi connectivity index (χ3v) is 4.84. The molecule has 9 heteroatoms. The van der Waals surface area contributed by atoms with Crippen molar-refractivity contribution in [2.75, 3.05) is 37.6 Å². The SMILES string of the molecule is COCCN1C(=O)N(c2ccccc2)C(=O)C1CC(=O)Nc1ccc(C(=O)OC)cc1. The van der Waals surface area contributed by atoms with E-state index in [4.69, 9.17) is 4.74 Å². The molecule has 0 radical (unpaired) electrons. The van der Waals surface area contributed by atoms with Crippen LogP contribution in [0.3, 0.4) is 0 Å². The van der Waals surface area contributed by atoms with Crippen LogP contribution in [-0.4, -0.2) is 62.1 Å². The Morgan fingerprint density at radius 2 is 1.68 bits per heavy atom.